The first kappa shape index (κ1) is 19.0. The number of nitrogens with zero attached hydrogens (tertiary/aromatic N) is 2. The maximum absolute atomic E-state index is 5.75. The van der Waals surface area contributed by atoms with E-state index in [1.165, 1.54) is 22.3 Å². The summed E-state index contributed by atoms with van der Waals surface area (Å²) in [6, 6.07) is 17.3. The Balaban J connectivity index is 1.08. The first-order chi connectivity index (χ1) is 13.9. The van der Waals surface area contributed by atoms with Gasteiger partial charge in [0.2, 0.25) is 0 Å². The third-order valence-electron chi connectivity index (χ3n) is 5.51. The van der Waals surface area contributed by atoms with Gasteiger partial charge in [-0.3, -0.25) is 0 Å². The number of hydrogen-bond donors (Lipinski definition) is 0. The molecule has 0 radical (unpaired) electrons. The fourth-order valence-corrected chi connectivity index (χ4v) is 3.86. The van der Waals surface area contributed by atoms with Crippen molar-refractivity contribution >= 4 is 12.4 Å². The number of rotatable bonds is 9. The van der Waals surface area contributed by atoms with Gasteiger partial charge < -0.3 is 9.47 Å². The minimum absolute atomic E-state index is 0.664. The molecule has 0 fully saturated rings. The van der Waals surface area contributed by atoms with Crippen molar-refractivity contribution in [2.75, 3.05) is 52.6 Å². The number of ether oxygens (including phenoxy) is 2. The molecule has 2 heterocycles. The Labute approximate surface area is 167 Å². The highest BCUT2D eigenvalue weighted by Gasteiger charge is 2.15. The van der Waals surface area contributed by atoms with Crippen molar-refractivity contribution in [3.8, 4) is 0 Å². The van der Waals surface area contributed by atoms with E-state index >= 15 is 0 Å². The second kappa shape index (κ2) is 9.76. The smallest absolute Gasteiger partial charge is 0.171 e. The minimum atomic E-state index is 0.664. The van der Waals surface area contributed by atoms with Gasteiger partial charge in [-0.15, -0.1) is 0 Å². The maximum atomic E-state index is 5.75. The van der Waals surface area contributed by atoms with E-state index in [2.05, 4.69) is 70.1 Å². The van der Waals surface area contributed by atoms with E-state index < -0.39 is 0 Å². The largest absolute Gasteiger partial charge is 0.372 e. The summed E-state index contributed by atoms with van der Waals surface area (Å²) in [5.74, 6) is 0. The zero-order chi connectivity index (χ0) is 19.0. The highest BCUT2D eigenvalue weighted by atomic mass is 16.5. The summed E-state index contributed by atoms with van der Waals surface area (Å²) >= 11 is 0. The molecular weight excluding hydrogens is 348 g/mol. The van der Waals surface area contributed by atoms with E-state index in [0.717, 1.165) is 52.2 Å². The zero-order valence-electron chi connectivity index (χ0n) is 16.6. The SMILES string of the molecule is C1=[N+](CCOCCOCC[N+]2=Cc3ccccc3CC2)CCc2ccccc21. The van der Waals surface area contributed by atoms with Crippen molar-refractivity contribution in [3.05, 3.63) is 70.8 Å². The number of hydrogen-bond acceptors (Lipinski definition) is 2. The number of benzene rings is 2. The first-order valence-electron chi connectivity index (χ1n) is 10.4. The van der Waals surface area contributed by atoms with Gasteiger partial charge in [-0.1, -0.05) is 36.4 Å². The van der Waals surface area contributed by atoms with Crippen LogP contribution in [0.4, 0.5) is 0 Å². The van der Waals surface area contributed by atoms with Crippen LogP contribution >= 0.6 is 0 Å². The fourth-order valence-electron chi connectivity index (χ4n) is 3.86. The van der Waals surface area contributed by atoms with Crippen LogP contribution in [0.2, 0.25) is 0 Å². The second-order valence-corrected chi connectivity index (χ2v) is 7.45. The van der Waals surface area contributed by atoms with Crippen LogP contribution in [-0.4, -0.2) is 74.2 Å². The van der Waals surface area contributed by atoms with Gasteiger partial charge in [-0.05, 0) is 23.3 Å². The van der Waals surface area contributed by atoms with Crippen LogP contribution in [0.5, 0.6) is 0 Å². The summed E-state index contributed by atoms with van der Waals surface area (Å²) in [5.41, 5.74) is 5.58. The molecule has 0 atom stereocenters. The molecule has 146 valence electrons. The Kier molecular flexibility index (Phi) is 6.64. The molecule has 2 aromatic carbocycles. The molecule has 4 heteroatoms. The summed E-state index contributed by atoms with van der Waals surface area (Å²) in [4.78, 5) is 0. The van der Waals surface area contributed by atoms with Crippen LogP contribution in [0, 0.1) is 0 Å². The average Bonchev–Trinajstić information content (AvgIpc) is 2.75. The van der Waals surface area contributed by atoms with Crippen molar-refractivity contribution in [2.24, 2.45) is 0 Å². The Morgan fingerprint density at radius 2 is 1.07 bits per heavy atom. The van der Waals surface area contributed by atoms with Crippen LogP contribution in [0.15, 0.2) is 48.5 Å². The minimum Gasteiger partial charge on any atom is -0.372 e. The third-order valence-corrected chi connectivity index (χ3v) is 5.51. The molecular formula is C24H30N2O2+2. The Bertz CT molecular complexity index is 786. The van der Waals surface area contributed by atoms with Crippen LogP contribution in [0.25, 0.3) is 0 Å². The van der Waals surface area contributed by atoms with Gasteiger partial charge in [-0.25, -0.2) is 9.15 Å². The molecule has 4 rings (SSSR count). The summed E-state index contributed by atoms with van der Waals surface area (Å²) < 4.78 is 16.2. The third kappa shape index (κ3) is 5.15. The van der Waals surface area contributed by atoms with E-state index in [9.17, 15) is 0 Å². The lowest BCUT2D eigenvalue weighted by molar-refractivity contribution is -0.527. The molecule has 0 N–H and O–H groups in total. The second-order valence-electron chi connectivity index (χ2n) is 7.45. The molecule has 0 bridgehead atoms. The van der Waals surface area contributed by atoms with Gasteiger partial charge in [0.25, 0.3) is 0 Å². The van der Waals surface area contributed by atoms with E-state index in [1.54, 1.807) is 0 Å². The van der Waals surface area contributed by atoms with Gasteiger partial charge in [0.15, 0.2) is 25.5 Å². The monoisotopic (exact) mass is 378 g/mol. The van der Waals surface area contributed by atoms with Crippen LogP contribution < -0.4 is 0 Å². The zero-order valence-corrected chi connectivity index (χ0v) is 16.6. The molecule has 0 spiro atoms. The standard InChI is InChI=1S/C24H30N2O2/c1-3-7-23-19-25(11-9-21(23)5-1)13-15-27-17-18-28-16-14-26-12-10-22-6-2-4-8-24(22)20-26/h1-8,19-20H,9-18H2/q+2. The Morgan fingerprint density at radius 1 is 0.607 bits per heavy atom. The summed E-state index contributed by atoms with van der Waals surface area (Å²) in [6.07, 6.45) is 6.75. The van der Waals surface area contributed by atoms with Crippen molar-refractivity contribution in [1.82, 2.24) is 0 Å². The molecule has 28 heavy (non-hydrogen) atoms. The van der Waals surface area contributed by atoms with E-state index in [-0.39, 0.29) is 0 Å². The van der Waals surface area contributed by atoms with Crippen LogP contribution in [0.1, 0.15) is 22.3 Å². The van der Waals surface area contributed by atoms with E-state index in [1.807, 2.05) is 0 Å². The lowest BCUT2D eigenvalue weighted by Crippen LogP contribution is -2.27. The van der Waals surface area contributed by atoms with E-state index in [0.29, 0.717) is 13.2 Å². The molecule has 4 nitrogen and oxygen atoms in total. The number of fused-ring (bicyclic) bond motifs is 2. The van der Waals surface area contributed by atoms with Gasteiger partial charge in [-0.2, -0.15) is 0 Å². The Morgan fingerprint density at radius 3 is 1.57 bits per heavy atom. The lowest BCUT2D eigenvalue weighted by Gasteiger charge is -2.13. The summed E-state index contributed by atoms with van der Waals surface area (Å²) in [7, 11) is 0. The maximum Gasteiger partial charge on any atom is 0.171 e. The lowest BCUT2D eigenvalue weighted by atomic mass is 10.0. The fraction of sp³-hybridized carbons (Fsp3) is 0.417. The first-order valence-corrected chi connectivity index (χ1v) is 10.4. The quantitative estimate of drug-likeness (QED) is 0.494. The highest BCUT2D eigenvalue weighted by molar-refractivity contribution is 5.79. The van der Waals surface area contributed by atoms with Gasteiger partial charge in [0.05, 0.1) is 13.2 Å². The van der Waals surface area contributed by atoms with Crippen molar-refractivity contribution < 1.29 is 18.6 Å². The van der Waals surface area contributed by atoms with Gasteiger partial charge in [0.1, 0.15) is 26.3 Å². The predicted molar refractivity (Wildman–Crippen MR) is 112 cm³/mol. The molecule has 0 aromatic heterocycles. The van der Waals surface area contributed by atoms with Crippen LogP contribution in [0.3, 0.4) is 0 Å². The Hall–Kier alpha value is -2.30. The average molecular weight is 379 g/mol. The topological polar surface area (TPSA) is 24.5 Å². The highest BCUT2D eigenvalue weighted by Crippen LogP contribution is 2.11. The summed E-state index contributed by atoms with van der Waals surface area (Å²) in [5, 5.41) is 0. The predicted octanol–water partition coefficient (Wildman–Crippen LogP) is 2.40. The van der Waals surface area contributed by atoms with Crippen molar-refractivity contribution in [2.45, 2.75) is 12.8 Å². The van der Waals surface area contributed by atoms with Gasteiger partial charge >= 0.3 is 0 Å². The van der Waals surface area contributed by atoms with Crippen molar-refractivity contribution in [3.63, 3.8) is 0 Å². The molecule has 0 saturated carbocycles. The van der Waals surface area contributed by atoms with Crippen molar-refractivity contribution in [1.29, 1.82) is 0 Å². The molecule has 2 aromatic rings. The molecule has 2 aliphatic heterocycles. The molecule has 0 aliphatic carbocycles. The molecule has 2 aliphatic rings. The molecule has 0 amide bonds. The molecule has 0 unspecified atom stereocenters. The molecule has 0 saturated heterocycles. The normalized spacial score (nSPS) is 15.4. The van der Waals surface area contributed by atoms with E-state index in [4.69, 9.17) is 9.47 Å². The summed E-state index contributed by atoms with van der Waals surface area (Å²) in [6.45, 7) is 6.86. The van der Waals surface area contributed by atoms with Gasteiger partial charge in [0, 0.05) is 24.0 Å². The van der Waals surface area contributed by atoms with Crippen LogP contribution in [-0.2, 0) is 22.3 Å².